The molecule has 0 aliphatic carbocycles. The maximum atomic E-state index is 13.8. The Kier molecular flexibility index (Phi) is 6.36. The van der Waals surface area contributed by atoms with E-state index in [0.717, 1.165) is 22.4 Å². The topological polar surface area (TPSA) is 67.2 Å². The van der Waals surface area contributed by atoms with E-state index in [4.69, 9.17) is 4.98 Å². The van der Waals surface area contributed by atoms with E-state index in [2.05, 4.69) is 24.4 Å². The highest BCUT2D eigenvalue weighted by Crippen LogP contribution is 2.37. The van der Waals surface area contributed by atoms with Crippen molar-refractivity contribution in [2.75, 3.05) is 6.54 Å². The van der Waals surface area contributed by atoms with Gasteiger partial charge in [-0.15, -0.1) is 0 Å². The number of rotatable bonds is 7. The number of para-hydroxylation sites is 2. The van der Waals surface area contributed by atoms with E-state index < -0.39 is 6.04 Å². The van der Waals surface area contributed by atoms with Gasteiger partial charge in [-0.25, -0.2) is 4.98 Å². The summed E-state index contributed by atoms with van der Waals surface area (Å²) in [6, 6.07) is 27.1. The average molecular weight is 467 g/mol. The van der Waals surface area contributed by atoms with Crippen molar-refractivity contribution in [3.63, 3.8) is 0 Å². The van der Waals surface area contributed by atoms with Crippen LogP contribution in [0.5, 0.6) is 0 Å². The van der Waals surface area contributed by atoms with Crippen LogP contribution in [-0.2, 0) is 16.1 Å². The lowest BCUT2D eigenvalue weighted by molar-refractivity contribution is -0.142. The Morgan fingerprint density at radius 1 is 0.971 bits per heavy atom. The van der Waals surface area contributed by atoms with E-state index in [-0.39, 0.29) is 30.2 Å². The SMILES string of the molecule is C[C@H](CNC(=O)C[C@H]1C(=O)N(Cc2ccccc2)[C@H](C)c2nc3ccccc3n21)c1ccccc1. The number of fused-ring (bicyclic) bond motifs is 3. The summed E-state index contributed by atoms with van der Waals surface area (Å²) in [4.78, 5) is 33.6. The summed E-state index contributed by atoms with van der Waals surface area (Å²) < 4.78 is 1.98. The van der Waals surface area contributed by atoms with Crippen LogP contribution < -0.4 is 5.32 Å². The summed E-state index contributed by atoms with van der Waals surface area (Å²) in [5, 5.41) is 3.05. The van der Waals surface area contributed by atoms with Crippen LogP contribution >= 0.6 is 0 Å². The van der Waals surface area contributed by atoms with Crippen LogP contribution in [0.4, 0.5) is 0 Å². The molecular weight excluding hydrogens is 436 g/mol. The van der Waals surface area contributed by atoms with E-state index in [1.165, 1.54) is 5.56 Å². The van der Waals surface area contributed by atoms with E-state index >= 15 is 0 Å². The van der Waals surface area contributed by atoms with Gasteiger partial charge in [0.15, 0.2) is 0 Å². The lowest BCUT2D eigenvalue weighted by Crippen LogP contribution is -2.46. The molecule has 6 heteroatoms. The van der Waals surface area contributed by atoms with Crippen LogP contribution in [0.15, 0.2) is 84.9 Å². The zero-order chi connectivity index (χ0) is 24.4. The Labute approximate surface area is 205 Å². The molecule has 6 nitrogen and oxygen atoms in total. The standard InChI is InChI=1S/C29H30N4O2/c1-20(23-13-7-4-8-14-23)18-30-27(34)17-26-29(35)32(19-22-11-5-3-6-12-22)21(2)28-31-24-15-9-10-16-25(24)33(26)28/h3-16,20-21,26H,17-19H2,1-2H3,(H,30,34)/t20-,21-,26+/m1/s1. The minimum atomic E-state index is -0.635. The minimum absolute atomic E-state index is 0.0525. The van der Waals surface area contributed by atoms with Gasteiger partial charge in [0, 0.05) is 13.1 Å². The first-order chi connectivity index (χ1) is 17.0. The van der Waals surface area contributed by atoms with Gasteiger partial charge in [0.1, 0.15) is 11.9 Å². The zero-order valence-corrected chi connectivity index (χ0v) is 20.1. The Bertz CT molecular complexity index is 1330. The average Bonchev–Trinajstić information content (AvgIpc) is 3.28. The maximum Gasteiger partial charge on any atom is 0.247 e. The number of amides is 2. The highest BCUT2D eigenvalue weighted by Gasteiger charge is 2.40. The number of aromatic nitrogens is 2. The van der Waals surface area contributed by atoms with Crippen molar-refractivity contribution >= 4 is 22.8 Å². The molecule has 4 aromatic rings. The summed E-state index contributed by atoms with van der Waals surface area (Å²) in [7, 11) is 0. The number of benzene rings is 3. The molecule has 0 bridgehead atoms. The Morgan fingerprint density at radius 3 is 2.37 bits per heavy atom. The zero-order valence-electron chi connectivity index (χ0n) is 20.1. The van der Waals surface area contributed by atoms with Crippen molar-refractivity contribution in [1.29, 1.82) is 0 Å². The van der Waals surface area contributed by atoms with Crippen LogP contribution in [0.1, 0.15) is 55.2 Å². The second-order valence-electron chi connectivity index (χ2n) is 9.29. The Balaban J connectivity index is 1.41. The summed E-state index contributed by atoms with van der Waals surface area (Å²) in [6.07, 6.45) is 0.0751. The molecule has 1 aromatic heterocycles. The summed E-state index contributed by atoms with van der Waals surface area (Å²) >= 11 is 0. The van der Waals surface area contributed by atoms with E-state index in [1.807, 2.05) is 89.2 Å². The fourth-order valence-electron chi connectivity index (χ4n) is 4.91. The number of nitrogens with zero attached hydrogens (tertiary/aromatic N) is 3. The van der Waals surface area contributed by atoms with Gasteiger partial charge in [0.05, 0.1) is 23.5 Å². The second-order valence-corrected chi connectivity index (χ2v) is 9.29. The predicted octanol–water partition coefficient (Wildman–Crippen LogP) is 4.99. The van der Waals surface area contributed by atoms with Crippen molar-refractivity contribution in [3.05, 3.63) is 102 Å². The Hall–Kier alpha value is -3.93. The molecular formula is C29H30N4O2. The molecule has 2 heterocycles. The normalized spacial score (nSPS) is 18.3. The molecule has 0 unspecified atom stereocenters. The van der Waals surface area contributed by atoms with Gasteiger partial charge in [-0.1, -0.05) is 79.7 Å². The molecule has 0 saturated carbocycles. The number of hydrogen-bond acceptors (Lipinski definition) is 3. The molecule has 1 aliphatic heterocycles. The molecule has 35 heavy (non-hydrogen) atoms. The third kappa shape index (κ3) is 4.56. The Morgan fingerprint density at radius 2 is 1.63 bits per heavy atom. The number of imidazole rings is 1. The van der Waals surface area contributed by atoms with Crippen molar-refractivity contribution < 1.29 is 9.59 Å². The molecule has 178 valence electrons. The molecule has 5 rings (SSSR count). The first kappa shape index (κ1) is 22.8. The largest absolute Gasteiger partial charge is 0.355 e. The highest BCUT2D eigenvalue weighted by atomic mass is 16.2. The van der Waals surface area contributed by atoms with Gasteiger partial charge >= 0.3 is 0 Å². The van der Waals surface area contributed by atoms with Gasteiger partial charge in [0.25, 0.3) is 0 Å². The van der Waals surface area contributed by atoms with Gasteiger partial charge < -0.3 is 14.8 Å². The molecule has 1 N–H and O–H groups in total. The lowest BCUT2D eigenvalue weighted by Gasteiger charge is -2.38. The number of nitrogens with one attached hydrogen (secondary N) is 1. The third-order valence-corrected chi connectivity index (χ3v) is 6.89. The third-order valence-electron chi connectivity index (χ3n) is 6.89. The van der Waals surface area contributed by atoms with Crippen molar-refractivity contribution in [2.24, 2.45) is 0 Å². The van der Waals surface area contributed by atoms with Crippen LogP contribution in [0.3, 0.4) is 0 Å². The first-order valence-electron chi connectivity index (χ1n) is 12.2. The quantitative estimate of drug-likeness (QED) is 0.417. The van der Waals surface area contributed by atoms with Crippen LogP contribution in [0.2, 0.25) is 0 Å². The molecule has 0 saturated heterocycles. The lowest BCUT2D eigenvalue weighted by atomic mass is 10.0. The minimum Gasteiger partial charge on any atom is -0.355 e. The van der Waals surface area contributed by atoms with Crippen molar-refractivity contribution in [1.82, 2.24) is 19.8 Å². The number of carbonyl (C=O) groups excluding carboxylic acids is 2. The molecule has 0 spiro atoms. The van der Waals surface area contributed by atoms with Gasteiger partial charge in [-0.05, 0) is 36.1 Å². The van der Waals surface area contributed by atoms with E-state index in [1.54, 1.807) is 0 Å². The monoisotopic (exact) mass is 466 g/mol. The molecule has 0 fully saturated rings. The summed E-state index contributed by atoms with van der Waals surface area (Å²) in [6.45, 7) is 5.10. The molecule has 3 atom stereocenters. The number of hydrogen-bond donors (Lipinski definition) is 1. The molecule has 3 aromatic carbocycles. The predicted molar refractivity (Wildman–Crippen MR) is 137 cm³/mol. The van der Waals surface area contributed by atoms with Crippen LogP contribution in [0.25, 0.3) is 11.0 Å². The van der Waals surface area contributed by atoms with E-state index in [0.29, 0.717) is 13.1 Å². The smallest absolute Gasteiger partial charge is 0.247 e. The van der Waals surface area contributed by atoms with Gasteiger partial charge in [-0.3, -0.25) is 9.59 Å². The highest BCUT2D eigenvalue weighted by molar-refractivity contribution is 5.90. The van der Waals surface area contributed by atoms with Gasteiger partial charge in [0.2, 0.25) is 11.8 Å². The number of carbonyl (C=O) groups is 2. The second kappa shape index (κ2) is 9.74. The molecule has 2 amide bonds. The summed E-state index contributed by atoms with van der Waals surface area (Å²) in [5.41, 5.74) is 3.95. The fourth-order valence-corrected chi connectivity index (χ4v) is 4.91. The first-order valence-corrected chi connectivity index (χ1v) is 12.2. The van der Waals surface area contributed by atoms with Crippen LogP contribution in [-0.4, -0.2) is 32.8 Å². The van der Waals surface area contributed by atoms with Crippen molar-refractivity contribution in [3.8, 4) is 0 Å². The fraction of sp³-hybridized carbons (Fsp3) is 0.276. The van der Waals surface area contributed by atoms with Crippen LogP contribution in [0, 0.1) is 0 Å². The van der Waals surface area contributed by atoms with Gasteiger partial charge in [-0.2, -0.15) is 0 Å². The van der Waals surface area contributed by atoms with Crippen molar-refractivity contribution in [2.45, 2.75) is 44.8 Å². The summed E-state index contributed by atoms with van der Waals surface area (Å²) in [5.74, 6) is 0.811. The molecule has 1 aliphatic rings. The maximum absolute atomic E-state index is 13.8. The molecule has 0 radical (unpaired) electrons. The van der Waals surface area contributed by atoms with E-state index in [9.17, 15) is 9.59 Å².